The Balaban J connectivity index is 1.65. The largest absolute Gasteiger partial charge is 0.508 e. The Morgan fingerprint density at radius 3 is 2.53 bits per heavy atom. The van der Waals surface area contributed by atoms with Crippen LogP contribution in [0.15, 0.2) is 84.5 Å². The third-order valence-corrected chi connectivity index (χ3v) is 8.37. The minimum atomic E-state index is -4.59. The Morgan fingerprint density at radius 1 is 1.14 bits per heavy atom. The van der Waals surface area contributed by atoms with Crippen molar-refractivity contribution in [3.63, 3.8) is 0 Å². The molecule has 0 spiro atoms. The highest BCUT2D eigenvalue weighted by Crippen LogP contribution is 2.33. The van der Waals surface area contributed by atoms with E-state index < -0.39 is 26.8 Å². The molecular formula is C25H23F3N2O4S2. The summed E-state index contributed by atoms with van der Waals surface area (Å²) < 4.78 is 65.0. The lowest BCUT2D eigenvalue weighted by Crippen LogP contribution is -2.18. The molecule has 1 unspecified atom stereocenters. The van der Waals surface area contributed by atoms with Gasteiger partial charge in [-0.3, -0.25) is 4.79 Å². The van der Waals surface area contributed by atoms with E-state index in [1.807, 2.05) is 0 Å². The molecule has 36 heavy (non-hydrogen) atoms. The predicted molar refractivity (Wildman–Crippen MR) is 134 cm³/mol. The van der Waals surface area contributed by atoms with Crippen molar-refractivity contribution in [2.75, 3.05) is 16.8 Å². The van der Waals surface area contributed by atoms with Crippen molar-refractivity contribution in [2.45, 2.75) is 22.9 Å². The van der Waals surface area contributed by atoms with Gasteiger partial charge in [-0.25, -0.2) is 13.4 Å². The second-order valence-electron chi connectivity index (χ2n) is 7.74. The van der Waals surface area contributed by atoms with Crippen molar-refractivity contribution in [3.05, 3.63) is 96.2 Å². The highest BCUT2D eigenvalue weighted by Gasteiger charge is 2.32. The molecule has 0 fully saturated rings. The normalized spacial score (nSPS) is 12.6. The number of hydrogen-bond acceptors (Lipinski definition) is 6. The Labute approximate surface area is 211 Å². The number of alkyl halides is 3. The standard InChI is InChI=1S/C25H23F3N2O4S2/c1-2-22(18-5-3-6-19(16-18)25(26,27)28)36(33,34)14-13-35-24-21(7-4-12-29-24)30-23(32)15-17-8-10-20(31)11-9-17/h2-12,16,22,31H,1,13-15H2,(H,30,32). The van der Waals surface area contributed by atoms with Gasteiger partial charge in [-0.15, -0.1) is 18.3 Å². The van der Waals surface area contributed by atoms with E-state index in [1.165, 1.54) is 30.5 Å². The van der Waals surface area contributed by atoms with Gasteiger partial charge in [-0.05, 0) is 41.5 Å². The van der Waals surface area contributed by atoms with E-state index in [0.29, 0.717) is 16.3 Å². The van der Waals surface area contributed by atoms with Gasteiger partial charge in [0.15, 0.2) is 9.84 Å². The Bertz CT molecular complexity index is 1330. The number of sulfone groups is 1. The molecule has 1 heterocycles. The molecule has 0 bridgehead atoms. The molecule has 0 aliphatic heterocycles. The second-order valence-corrected chi connectivity index (χ2v) is 11.1. The molecule has 0 aliphatic rings. The molecule has 3 aromatic rings. The molecule has 11 heteroatoms. The van der Waals surface area contributed by atoms with Crippen LogP contribution in [0.3, 0.4) is 0 Å². The lowest BCUT2D eigenvalue weighted by Gasteiger charge is -2.16. The van der Waals surface area contributed by atoms with Crippen molar-refractivity contribution >= 4 is 33.2 Å². The summed E-state index contributed by atoms with van der Waals surface area (Å²) in [5, 5.41) is 11.2. The molecule has 6 nitrogen and oxygen atoms in total. The predicted octanol–water partition coefficient (Wildman–Crippen LogP) is 5.42. The van der Waals surface area contributed by atoms with E-state index in [4.69, 9.17) is 0 Å². The third-order valence-electron chi connectivity index (χ3n) is 5.10. The number of aromatic hydroxyl groups is 1. The monoisotopic (exact) mass is 536 g/mol. The summed E-state index contributed by atoms with van der Waals surface area (Å²) >= 11 is 1.10. The number of carbonyl (C=O) groups excluding carboxylic acids is 1. The number of anilines is 1. The van der Waals surface area contributed by atoms with Crippen LogP contribution in [0.2, 0.25) is 0 Å². The van der Waals surface area contributed by atoms with Crippen LogP contribution in [0, 0.1) is 0 Å². The lowest BCUT2D eigenvalue weighted by atomic mass is 10.1. The number of halogens is 3. The second kappa shape index (κ2) is 11.6. The first-order valence-corrected chi connectivity index (χ1v) is 13.4. The van der Waals surface area contributed by atoms with Crippen LogP contribution >= 0.6 is 11.8 Å². The van der Waals surface area contributed by atoms with Gasteiger partial charge < -0.3 is 10.4 Å². The fraction of sp³-hybridized carbons (Fsp3) is 0.200. The molecule has 1 atom stereocenters. The van der Waals surface area contributed by atoms with Crippen LogP contribution in [0.1, 0.15) is 21.9 Å². The Hall–Kier alpha value is -3.31. The summed E-state index contributed by atoms with van der Waals surface area (Å²) in [7, 11) is -3.88. The zero-order valence-electron chi connectivity index (χ0n) is 18.9. The van der Waals surface area contributed by atoms with Crippen molar-refractivity contribution in [1.29, 1.82) is 0 Å². The van der Waals surface area contributed by atoms with Crippen molar-refractivity contribution in [3.8, 4) is 5.75 Å². The van der Waals surface area contributed by atoms with E-state index in [2.05, 4.69) is 16.9 Å². The van der Waals surface area contributed by atoms with Crippen LogP contribution in [-0.2, 0) is 27.2 Å². The van der Waals surface area contributed by atoms with Gasteiger partial charge in [0.1, 0.15) is 16.0 Å². The van der Waals surface area contributed by atoms with Crippen LogP contribution in [0.4, 0.5) is 18.9 Å². The summed E-state index contributed by atoms with van der Waals surface area (Å²) in [5.41, 5.74) is 0.156. The van der Waals surface area contributed by atoms with Gasteiger partial charge in [0.2, 0.25) is 5.91 Å². The number of carbonyl (C=O) groups is 1. The molecule has 0 saturated heterocycles. The average Bonchev–Trinajstić information content (AvgIpc) is 2.81. The first kappa shape index (κ1) is 27.3. The zero-order chi connectivity index (χ0) is 26.3. The fourth-order valence-corrected chi connectivity index (χ4v) is 6.33. The molecule has 2 aromatic carbocycles. The maximum Gasteiger partial charge on any atom is 0.416 e. The molecule has 1 aromatic heterocycles. The summed E-state index contributed by atoms with van der Waals surface area (Å²) in [6.45, 7) is 3.51. The number of hydrogen-bond donors (Lipinski definition) is 2. The first-order chi connectivity index (χ1) is 17.0. The number of thioether (sulfide) groups is 1. The number of benzene rings is 2. The molecule has 2 N–H and O–H groups in total. The number of pyridine rings is 1. The summed E-state index contributed by atoms with van der Waals surface area (Å²) in [4.78, 5) is 16.6. The molecule has 0 saturated carbocycles. The molecule has 190 valence electrons. The van der Waals surface area contributed by atoms with Crippen LogP contribution < -0.4 is 5.32 Å². The minimum absolute atomic E-state index is 0.00940. The van der Waals surface area contributed by atoms with E-state index in [0.717, 1.165) is 30.0 Å². The summed E-state index contributed by atoms with van der Waals surface area (Å²) in [5.74, 6) is -0.516. The minimum Gasteiger partial charge on any atom is -0.508 e. The Morgan fingerprint density at radius 2 is 1.86 bits per heavy atom. The summed E-state index contributed by atoms with van der Waals surface area (Å²) in [6, 6.07) is 13.6. The van der Waals surface area contributed by atoms with Gasteiger partial charge in [0.05, 0.1) is 23.4 Å². The van der Waals surface area contributed by atoms with E-state index in [-0.39, 0.29) is 35.1 Å². The quantitative estimate of drug-likeness (QED) is 0.265. The highest BCUT2D eigenvalue weighted by atomic mass is 32.2. The number of rotatable bonds is 10. The van der Waals surface area contributed by atoms with Gasteiger partial charge in [0.25, 0.3) is 0 Å². The smallest absolute Gasteiger partial charge is 0.416 e. The number of aromatic nitrogens is 1. The molecule has 1 amide bonds. The van der Waals surface area contributed by atoms with Gasteiger partial charge in [0, 0.05) is 11.9 Å². The SMILES string of the molecule is C=CC(c1cccc(C(F)(F)F)c1)S(=O)(=O)CCSc1ncccc1NC(=O)Cc1ccc(O)cc1. The van der Waals surface area contributed by atoms with Crippen LogP contribution in [0.5, 0.6) is 5.75 Å². The van der Waals surface area contributed by atoms with E-state index >= 15 is 0 Å². The van der Waals surface area contributed by atoms with Crippen molar-refractivity contribution < 1.29 is 31.5 Å². The lowest BCUT2D eigenvalue weighted by molar-refractivity contribution is -0.137. The van der Waals surface area contributed by atoms with Gasteiger partial charge in [-0.2, -0.15) is 13.2 Å². The fourth-order valence-electron chi connectivity index (χ4n) is 3.36. The number of phenols is 1. The van der Waals surface area contributed by atoms with Gasteiger partial charge >= 0.3 is 6.18 Å². The van der Waals surface area contributed by atoms with Crippen LogP contribution in [-0.4, -0.2) is 35.9 Å². The van der Waals surface area contributed by atoms with E-state index in [9.17, 15) is 31.5 Å². The average molecular weight is 537 g/mol. The summed E-state index contributed by atoms with van der Waals surface area (Å²) in [6.07, 6.45) is -1.91. The number of nitrogens with one attached hydrogen (secondary N) is 1. The van der Waals surface area contributed by atoms with Crippen LogP contribution in [0.25, 0.3) is 0 Å². The number of amides is 1. The third kappa shape index (κ3) is 7.34. The van der Waals surface area contributed by atoms with Gasteiger partial charge in [-0.1, -0.05) is 36.4 Å². The molecule has 0 radical (unpaired) electrons. The highest BCUT2D eigenvalue weighted by molar-refractivity contribution is 8.00. The number of phenolic OH excluding ortho intramolecular Hbond substituents is 1. The maximum atomic E-state index is 13.1. The zero-order valence-corrected chi connectivity index (χ0v) is 20.5. The van der Waals surface area contributed by atoms with Crippen molar-refractivity contribution in [1.82, 2.24) is 4.98 Å². The van der Waals surface area contributed by atoms with Crippen molar-refractivity contribution in [2.24, 2.45) is 0 Å². The molecule has 0 aliphatic carbocycles. The Kier molecular flexibility index (Phi) is 8.80. The van der Waals surface area contributed by atoms with E-state index in [1.54, 1.807) is 24.3 Å². The number of nitrogens with zero attached hydrogens (tertiary/aromatic N) is 1. The first-order valence-electron chi connectivity index (χ1n) is 10.7. The topological polar surface area (TPSA) is 96.4 Å². The molecule has 3 rings (SSSR count). The maximum absolute atomic E-state index is 13.1. The molecular weight excluding hydrogens is 513 g/mol.